The maximum absolute atomic E-state index is 13.0. The van der Waals surface area contributed by atoms with Gasteiger partial charge < -0.3 is 15.1 Å². The molecule has 154 valence electrons. The SMILES string of the molecule is CNc1nc([C@@H]2CCCN2C(=O)Cc2csc(C)n2)nc2c1CCN(C(C)=O)C2. The standard InChI is InChI=1S/C20H26N6O2S/c1-12-22-14(11-29-12)9-18(28)26-7-4-5-17(26)20-23-16-10-25(13(2)27)8-6-15(16)19(21-3)24-20/h11,17H,4-10H2,1-3H3,(H,21,23,24)/t17-/m0/s1. The minimum atomic E-state index is -0.132. The number of carbonyl (C=O) groups excluding carboxylic acids is 2. The van der Waals surface area contributed by atoms with Crippen LogP contribution in [0, 0.1) is 6.92 Å². The van der Waals surface area contributed by atoms with Gasteiger partial charge in [-0.05, 0) is 26.2 Å². The molecule has 4 heterocycles. The Morgan fingerprint density at radius 1 is 1.28 bits per heavy atom. The van der Waals surface area contributed by atoms with E-state index in [4.69, 9.17) is 9.97 Å². The lowest BCUT2D eigenvalue weighted by atomic mass is 10.0. The molecule has 0 spiro atoms. The molecule has 2 amide bonds. The van der Waals surface area contributed by atoms with Crippen LogP contribution in [0.4, 0.5) is 5.82 Å². The Labute approximate surface area is 174 Å². The zero-order chi connectivity index (χ0) is 20.5. The molecule has 2 aliphatic rings. The third kappa shape index (κ3) is 3.96. The zero-order valence-corrected chi connectivity index (χ0v) is 17.9. The largest absolute Gasteiger partial charge is 0.373 e. The summed E-state index contributed by atoms with van der Waals surface area (Å²) < 4.78 is 0. The summed E-state index contributed by atoms with van der Waals surface area (Å²) in [7, 11) is 1.85. The molecule has 0 saturated carbocycles. The number of nitrogens with zero attached hydrogens (tertiary/aromatic N) is 5. The Kier molecular flexibility index (Phi) is 5.49. The van der Waals surface area contributed by atoms with Crippen LogP contribution in [0.5, 0.6) is 0 Å². The van der Waals surface area contributed by atoms with Gasteiger partial charge in [0.25, 0.3) is 0 Å². The third-order valence-corrected chi connectivity index (χ3v) is 6.46. The summed E-state index contributed by atoms with van der Waals surface area (Å²) in [6.45, 7) is 5.42. The predicted molar refractivity (Wildman–Crippen MR) is 111 cm³/mol. The van der Waals surface area contributed by atoms with Crippen molar-refractivity contribution in [3.05, 3.63) is 33.2 Å². The molecule has 9 heteroatoms. The quantitative estimate of drug-likeness (QED) is 0.824. The van der Waals surface area contributed by atoms with Crippen LogP contribution in [0.2, 0.25) is 0 Å². The van der Waals surface area contributed by atoms with Gasteiger partial charge in [0.1, 0.15) is 5.82 Å². The number of nitrogens with one attached hydrogen (secondary N) is 1. The second kappa shape index (κ2) is 8.06. The first-order chi connectivity index (χ1) is 14.0. The summed E-state index contributed by atoms with van der Waals surface area (Å²) in [6, 6.07) is -0.132. The van der Waals surface area contributed by atoms with E-state index >= 15 is 0 Å². The number of hydrogen-bond acceptors (Lipinski definition) is 7. The molecule has 4 rings (SSSR count). The second-order valence-corrected chi connectivity index (χ2v) is 8.64. The highest BCUT2D eigenvalue weighted by atomic mass is 32.1. The fourth-order valence-electron chi connectivity index (χ4n) is 4.15. The van der Waals surface area contributed by atoms with Crippen molar-refractivity contribution in [3.63, 3.8) is 0 Å². The molecule has 1 N–H and O–H groups in total. The number of aryl methyl sites for hydroxylation is 1. The van der Waals surface area contributed by atoms with Crippen LogP contribution in [-0.4, -0.2) is 56.7 Å². The fraction of sp³-hybridized carbons (Fsp3) is 0.550. The van der Waals surface area contributed by atoms with E-state index in [1.807, 2.05) is 24.3 Å². The Morgan fingerprint density at radius 3 is 2.79 bits per heavy atom. The van der Waals surface area contributed by atoms with Gasteiger partial charge in [-0.25, -0.2) is 15.0 Å². The third-order valence-electron chi connectivity index (χ3n) is 5.63. The summed E-state index contributed by atoms with van der Waals surface area (Å²) in [5, 5.41) is 6.10. The molecule has 29 heavy (non-hydrogen) atoms. The summed E-state index contributed by atoms with van der Waals surface area (Å²) in [4.78, 5) is 42.5. The van der Waals surface area contributed by atoms with Crippen LogP contribution in [0.1, 0.15) is 53.6 Å². The van der Waals surface area contributed by atoms with Gasteiger partial charge in [0, 0.05) is 38.0 Å². The second-order valence-electron chi connectivity index (χ2n) is 7.58. The van der Waals surface area contributed by atoms with Crippen molar-refractivity contribution in [2.24, 2.45) is 0 Å². The number of likely N-dealkylation sites (tertiary alicyclic amines) is 1. The van der Waals surface area contributed by atoms with Gasteiger partial charge in [-0.1, -0.05) is 0 Å². The molecule has 1 atom stereocenters. The van der Waals surface area contributed by atoms with E-state index in [2.05, 4.69) is 10.3 Å². The van der Waals surface area contributed by atoms with Crippen molar-refractivity contribution in [1.29, 1.82) is 0 Å². The van der Waals surface area contributed by atoms with Gasteiger partial charge >= 0.3 is 0 Å². The van der Waals surface area contributed by atoms with Crippen molar-refractivity contribution < 1.29 is 9.59 Å². The van der Waals surface area contributed by atoms with Gasteiger partial charge in [-0.3, -0.25) is 9.59 Å². The number of amides is 2. The van der Waals surface area contributed by atoms with E-state index in [-0.39, 0.29) is 17.9 Å². The van der Waals surface area contributed by atoms with E-state index < -0.39 is 0 Å². The lowest BCUT2D eigenvalue weighted by molar-refractivity contribution is -0.131. The van der Waals surface area contributed by atoms with Crippen LogP contribution < -0.4 is 5.32 Å². The summed E-state index contributed by atoms with van der Waals surface area (Å²) in [6.07, 6.45) is 2.83. The molecule has 0 unspecified atom stereocenters. The van der Waals surface area contributed by atoms with E-state index in [1.54, 1.807) is 23.2 Å². The minimum Gasteiger partial charge on any atom is -0.373 e. The van der Waals surface area contributed by atoms with Gasteiger partial charge in [0.15, 0.2) is 5.82 Å². The van der Waals surface area contributed by atoms with Crippen molar-refractivity contribution >= 4 is 29.0 Å². The normalized spacial score (nSPS) is 18.7. The molecule has 1 fully saturated rings. The number of thiazole rings is 1. The average Bonchev–Trinajstić information content (AvgIpc) is 3.35. The average molecular weight is 415 g/mol. The molecule has 0 bridgehead atoms. The summed E-state index contributed by atoms with van der Waals surface area (Å²) in [5.74, 6) is 1.59. The molecular formula is C20H26N6O2S. The van der Waals surface area contributed by atoms with E-state index in [9.17, 15) is 9.59 Å². The highest BCUT2D eigenvalue weighted by Crippen LogP contribution is 2.33. The fourth-order valence-corrected chi connectivity index (χ4v) is 4.77. The number of fused-ring (bicyclic) bond motifs is 1. The predicted octanol–water partition coefficient (Wildman–Crippen LogP) is 2.09. The number of hydrogen-bond donors (Lipinski definition) is 1. The van der Waals surface area contributed by atoms with Crippen LogP contribution >= 0.6 is 11.3 Å². The summed E-state index contributed by atoms with van der Waals surface area (Å²) >= 11 is 1.56. The molecule has 0 radical (unpaired) electrons. The first-order valence-corrected chi connectivity index (χ1v) is 10.9. The smallest absolute Gasteiger partial charge is 0.229 e. The van der Waals surface area contributed by atoms with E-state index in [1.165, 1.54) is 0 Å². The molecular weight excluding hydrogens is 388 g/mol. The van der Waals surface area contributed by atoms with Gasteiger partial charge in [-0.15, -0.1) is 11.3 Å². The Morgan fingerprint density at radius 2 is 2.10 bits per heavy atom. The van der Waals surface area contributed by atoms with E-state index in [0.717, 1.165) is 47.0 Å². The molecule has 2 aromatic rings. The Balaban J connectivity index is 1.60. The highest BCUT2D eigenvalue weighted by Gasteiger charge is 2.34. The van der Waals surface area contributed by atoms with Crippen molar-refractivity contribution in [2.45, 2.75) is 52.1 Å². The zero-order valence-electron chi connectivity index (χ0n) is 17.1. The van der Waals surface area contributed by atoms with Crippen LogP contribution in [0.3, 0.4) is 0 Å². The van der Waals surface area contributed by atoms with E-state index in [0.29, 0.717) is 31.9 Å². The monoisotopic (exact) mass is 414 g/mol. The van der Waals surface area contributed by atoms with Gasteiger partial charge in [0.2, 0.25) is 11.8 Å². The van der Waals surface area contributed by atoms with Gasteiger partial charge in [-0.2, -0.15) is 0 Å². The van der Waals surface area contributed by atoms with Crippen molar-refractivity contribution in [2.75, 3.05) is 25.5 Å². The molecule has 1 saturated heterocycles. The van der Waals surface area contributed by atoms with Crippen LogP contribution in [-0.2, 0) is 29.0 Å². The molecule has 8 nitrogen and oxygen atoms in total. The molecule has 0 aromatic carbocycles. The van der Waals surface area contributed by atoms with Crippen molar-refractivity contribution in [1.82, 2.24) is 24.8 Å². The number of rotatable bonds is 4. The summed E-state index contributed by atoms with van der Waals surface area (Å²) in [5.41, 5.74) is 2.78. The Bertz CT molecular complexity index is 943. The highest BCUT2D eigenvalue weighted by molar-refractivity contribution is 7.09. The first kappa shape index (κ1) is 19.8. The lowest BCUT2D eigenvalue weighted by Crippen LogP contribution is -2.37. The minimum absolute atomic E-state index is 0.0537. The van der Waals surface area contributed by atoms with Crippen LogP contribution in [0.25, 0.3) is 0 Å². The maximum atomic E-state index is 13.0. The number of anilines is 1. The Hall–Kier alpha value is -2.55. The topological polar surface area (TPSA) is 91.3 Å². The maximum Gasteiger partial charge on any atom is 0.229 e. The number of aromatic nitrogens is 3. The molecule has 2 aromatic heterocycles. The lowest BCUT2D eigenvalue weighted by Gasteiger charge is -2.30. The van der Waals surface area contributed by atoms with Crippen molar-refractivity contribution in [3.8, 4) is 0 Å². The van der Waals surface area contributed by atoms with Crippen LogP contribution in [0.15, 0.2) is 5.38 Å². The number of carbonyl (C=O) groups is 2. The van der Waals surface area contributed by atoms with Gasteiger partial charge in [0.05, 0.1) is 35.4 Å². The molecule has 2 aliphatic heterocycles. The molecule has 0 aliphatic carbocycles. The first-order valence-electron chi connectivity index (χ1n) is 9.99.